The summed E-state index contributed by atoms with van der Waals surface area (Å²) in [4.78, 5) is 39.0. The number of primary amides is 1. The van der Waals surface area contributed by atoms with Crippen LogP contribution in [-0.2, 0) is 4.79 Å². The van der Waals surface area contributed by atoms with Crippen molar-refractivity contribution in [3.8, 4) is 0 Å². The number of nitro benzene ring substituents is 1. The Hall–Kier alpha value is -3.49. The molecule has 0 radical (unpaired) electrons. The van der Waals surface area contributed by atoms with Crippen molar-refractivity contribution in [2.24, 2.45) is 11.7 Å². The van der Waals surface area contributed by atoms with Crippen molar-refractivity contribution in [1.29, 1.82) is 0 Å². The first-order valence-electron chi connectivity index (χ1n) is 10.2. The van der Waals surface area contributed by atoms with Crippen LogP contribution >= 0.6 is 0 Å². The van der Waals surface area contributed by atoms with Gasteiger partial charge in [0.1, 0.15) is 11.5 Å². The van der Waals surface area contributed by atoms with Crippen LogP contribution < -0.4 is 15.5 Å². The maximum atomic E-state index is 13.3. The number of nitrogens with zero attached hydrogens (tertiary/aromatic N) is 3. The lowest BCUT2D eigenvalue weighted by atomic mass is 9.98. The third-order valence-corrected chi connectivity index (χ3v) is 5.51. The van der Waals surface area contributed by atoms with E-state index in [0.717, 1.165) is 25.9 Å². The quantitative estimate of drug-likeness (QED) is 0.536. The first-order chi connectivity index (χ1) is 14.8. The molecule has 3 rings (SSSR count). The minimum Gasteiger partial charge on any atom is -0.370 e. The summed E-state index contributed by atoms with van der Waals surface area (Å²) in [6.07, 6.45) is 1.79. The Morgan fingerprint density at radius 3 is 2.42 bits per heavy atom. The molecule has 31 heavy (non-hydrogen) atoms. The first kappa shape index (κ1) is 22.2. The number of hydrogen-bond acceptors (Lipinski definition) is 5. The second kappa shape index (κ2) is 9.55. The Bertz CT molecular complexity index is 972. The smallest absolute Gasteiger partial charge is 0.293 e. The third-order valence-electron chi connectivity index (χ3n) is 5.51. The molecule has 1 aliphatic rings. The van der Waals surface area contributed by atoms with Crippen LogP contribution in [0.2, 0.25) is 0 Å². The number of hydrogen-bond donors (Lipinski definition) is 1. The van der Waals surface area contributed by atoms with E-state index < -0.39 is 22.6 Å². The van der Waals surface area contributed by atoms with Crippen molar-refractivity contribution in [2.45, 2.75) is 26.2 Å². The number of nitro groups is 1. The minimum absolute atomic E-state index is 0.0284. The number of nitrogens with two attached hydrogens (primary N) is 1. The molecule has 0 aromatic heterocycles. The van der Waals surface area contributed by atoms with Crippen molar-refractivity contribution < 1.29 is 18.9 Å². The van der Waals surface area contributed by atoms with Gasteiger partial charge in [0.05, 0.1) is 4.92 Å². The van der Waals surface area contributed by atoms with E-state index in [1.54, 1.807) is 12.1 Å². The lowest BCUT2D eigenvalue weighted by Gasteiger charge is -2.32. The molecule has 2 aromatic rings. The van der Waals surface area contributed by atoms with E-state index in [1.165, 1.54) is 35.2 Å². The number of anilines is 2. The van der Waals surface area contributed by atoms with Crippen LogP contribution in [0, 0.1) is 21.8 Å². The SMILES string of the molecule is CC1CCN(c2ccc(C(=O)N(CCC(N)=O)c3ccc(F)cc3)cc2[N+](=O)[O-])CC1. The highest BCUT2D eigenvalue weighted by atomic mass is 19.1. The monoisotopic (exact) mass is 428 g/mol. The first-order valence-corrected chi connectivity index (χ1v) is 10.2. The van der Waals surface area contributed by atoms with E-state index in [2.05, 4.69) is 6.92 Å². The van der Waals surface area contributed by atoms with Crippen LogP contribution in [0.3, 0.4) is 0 Å². The summed E-state index contributed by atoms with van der Waals surface area (Å²) in [7, 11) is 0. The maximum absolute atomic E-state index is 13.3. The van der Waals surface area contributed by atoms with Gasteiger partial charge in [-0.05, 0) is 55.2 Å². The molecule has 0 bridgehead atoms. The van der Waals surface area contributed by atoms with E-state index in [0.29, 0.717) is 17.3 Å². The molecule has 1 fully saturated rings. The molecule has 8 nitrogen and oxygen atoms in total. The fourth-order valence-corrected chi connectivity index (χ4v) is 3.67. The van der Waals surface area contributed by atoms with Crippen LogP contribution in [0.4, 0.5) is 21.5 Å². The fourth-order valence-electron chi connectivity index (χ4n) is 3.67. The second-order valence-electron chi connectivity index (χ2n) is 7.78. The van der Waals surface area contributed by atoms with Gasteiger partial charge in [-0.25, -0.2) is 4.39 Å². The highest BCUT2D eigenvalue weighted by molar-refractivity contribution is 6.07. The second-order valence-corrected chi connectivity index (χ2v) is 7.78. The summed E-state index contributed by atoms with van der Waals surface area (Å²) in [5.74, 6) is -1.03. The lowest BCUT2D eigenvalue weighted by Crippen LogP contribution is -2.35. The van der Waals surface area contributed by atoms with Crippen LogP contribution in [-0.4, -0.2) is 36.4 Å². The molecule has 1 aliphatic heterocycles. The highest BCUT2D eigenvalue weighted by Crippen LogP contribution is 2.33. The Balaban J connectivity index is 1.93. The van der Waals surface area contributed by atoms with Crippen LogP contribution in [0.5, 0.6) is 0 Å². The molecule has 2 amide bonds. The van der Waals surface area contributed by atoms with Gasteiger partial charge in [0, 0.05) is 43.4 Å². The van der Waals surface area contributed by atoms with Gasteiger partial charge in [0.2, 0.25) is 5.91 Å². The number of amides is 2. The number of rotatable bonds is 7. The van der Waals surface area contributed by atoms with E-state index in [1.807, 2.05) is 4.90 Å². The maximum Gasteiger partial charge on any atom is 0.293 e. The average molecular weight is 428 g/mol. The van der Waals surface area contributed by atoms with Gasteiger partial charge in [-0.15, -0.1) is 0 Å². The molecule has 2 N–H and O–H groups in total. The standard InChI is InChI=1S/C22H25FN4O4/c1-15-8-11-25(12-9-15)19-7-2-16(14-20(19)27(30)31)22(29)26(13-10-21(24)28)18-5-3-17(23)4-6-18/h2-7,14-15H,8-13H2,1H3,(H2,24,28). The fraction of sp³-hybridized carbons (Fsp3) is 0.364. The molecule has 1 saturated heterocycles. The van der Waals surface area contributed by atoms with Crippen molar-refractivity contribution in [3.63, 3.8) is 0 Å². The van der Waals surface area contributed by atoms with Crippen LogP contribution in [0.15, 0.2) is 42.5 Å². The Morgan fingerprint density at radius 1 is 1.19 bits per heavy atom. The van der Waals surface area contributed by atoms with E-state index in [4.69, 9.17) is 5.73 Å². The molecule has 2 aromatic carbocycles. The van der Waals surface area contributed by atoms with Crippen molar-refractivity contribution >= 4 is 28.9 Å². The van der Waals surface area contributed by atoms with Crippen molar-refractivity contribution in [3.05, 3.63) is 64.0 Å². The predicted octanol–water partition coefficient (Wildman–Crippen LogP) is 3.49. The third kappa shape index (κ3) is 5.36. The molecule has 0 aliphatic carbocycles. The zero-order chi connectivity index (χ0) is 22.5. The summed E-state index contributed by atoms with van der Waals surface area (Å²) < 4.78 is 13.3. The Labute approximate surface area is 179 Å². The predicted molar refractivity (Wildman–Crippen MR) is 116 cm³/mol. The summed E-state index contributed by atoms with van der Waals surface area (Å²) in [6, 6.07) is 9.61. The van der Waals surface area contributed by atoms with Gasteiger partial charge in [-0.1, -0.05) is 6.92 Å². The van der Waals surface area contributed by atoms with Gasteiger partial charge in [-0.2, -0.15) is 0 Å². The average Bonchev–Trinajstić information content (AvgIpc) is 2.75. The highest BCUT2D eigenvalue weighted by Gasteiger charge is 2.26. The summed E-state index contributed by atoms with van der Waals surface area (Å²) in [5, 5.41) is 11.7. The van der Waals surface area contributed by atoms with Gasteiger partial charge >= 0.3 is 0 Å². The summed E-state index contributed by atoms with van der Waals surface area (Å²) in [6.45, 7) is 3.56. The number of carbonyl (C=O) groups excluding carboxylic acids is 2. The normalized spacial score (nSPS) is 14.3. The van der Waals surface area contributed by atoms with Crippen molar-refractivity contribution in [2.75, 3.05) is 29.4 Å². The van der Waals surface area contributed by atoms with Gasteiger partial charge < -0.3 is 15.5 Å². The molecular formula is C22H25FN4O4. The topological polar surface area (TPSA) is 110 Å². The zero-order valence-electron chi connectivity index (χ0n) is 17.3. The Kier molecular flexibility index (Phi) is 6.84. The van der Waals surface area contributed by atoms with E-state index in [9.17, 15) is 24.1 Å². The number of halogens is 1. The number of benzene rings is 2. The molecule has 0 unspecified atom stereocenters. The molecule has 164 valence electrons. The van der Waals surface area contributed by atoms with Crippen LogP contribution in [0.25, 0.3) is 0 Å². The number of piperidine rings is 1. The molecule has 0 atom stereocenters. The summed E-state index contributed by atoms with van der Waals surface area (Å²) >= 11 is 0. The minimum atomic E-state index is -0.597. The van der Waals surface area contributed by atoms with Gasteiger partial charge in [0.15, 0.2) is 0 Å². The van der Waals surface area contributed by atoms with E-state index >= 15 is 0 Å². The Morgan fingerprint density at radius 2 is 1.84 bits per heavy atom. The summed E-state index contributed by atoms with van der Waals surface area (Å²) in [5.41, 5.74) is 6.04. The van der Waals surface area contributed by atoms with Gasteiger partial charge in [0.25, 0.3) is 11.6 Å². The molecule has 1 heterocycles. The van der Waals surface area contributed by atoms with Gasteiger partial charge in [-0.3, -0.25) is 19.7 Å². The van der Waals surface area contributed by atoms with Crippen LogP contribution in [0.1, 0.15) is 36.5 Å². The molecular weight excluding hydrogens is 403 g/mol. The zero-order valence-corrected chi connectivity index (χ0v) is 17.3. The molecule has 0 spiro atoms. The van der Waals surface area contributed by atoms with Crippen molar-refractivity contribution in [1.82, 2.24) is 0 Å². The number of carbonyl (C=O) groups is 2. The molecule has 9 heteroatoms. The van der Waals surface area contributed by atoms with E-state index in [-0.39, 0.29) is 24.2 Å². The lowest BCUT2D eigenvalue weighted by molar-refractivity contribution is -0.384. The molecule has 0 saturated carbocycles. The largest absolute Gasteiger partial charge is 0.370 e.